The van der Waals surface area contributed by atoms with Gasteiger partial charge in [0.2, 0.25) is 0 Å². The van der Waals surface area contributed by atoms with Crippen LogP contribution in [0, 0.1) is 10.1 Å². The Balaban J connectivity index is 2.36. The van der Waals surface area contributed by atoms with E-state index in [1.807, 2.05) is 24.3 Å². The molecule has 1 heterocycles. The molecule has 0 radical (unpaired) electrons. The Labute approximate surface area is 97.5 Å². The molecule has 0 fully saturated rings. The van der Waals surface area contributed by atoms with Crippen LogP contribution in [0.1, 0.15) is 5.56 Å². The number of hydrogen-bond acceptors (Lipinski definition) is 4. The first-order valence-corrected chi connectivity index (χ1v) is 5.01. The van der Waals surface area contributed by atoms with Crippen LogP contribution >= 0.6 is 0 Å². The van der Waals surface area contributed by atoms with Crippen molar-refractivity contribution in [2.24, 2.45) is 0 Å². The number of aliphatic hydroxyl groups excluding tert-OH is 1. The van der Waals surface area contributed by atoms with Crippen LogP contribution < -0.4 is 0 Å². The average molecular weight is 230 g/mol. The van der Waals surface area contributed by atoms with Crippen molar-refractivity contribution in [3.8, 4) is 11.1 Å². The fourth-order valence-electron chi connectivity index (χ4n) is 1.51. The summed E-state index contributed by atoms with van der Waals surface area (Å²) in [5.41, 5.74) is 2.45. The lowest BCUT2D eigenvalue weighted by Crippen LogP contribution is -1.91. The highest BCUT2D eigenvalue weighted by molar-refractivity contribution is 5.63. The molecule has 1 N–H and O–H groups in total. The first-order chi connectivity index (χ1) is 8.20. The molecule has 0 spiro atoms. The molecule has 5 heteroatoms. The van der Waals surface area contributed by atoms with Crippen molar-refractivity contribution in [2.75, 3.05) is 0 Å². The lowest BCUT2D eigenvalue weighted by atomic mass is 10.1. The van der Waals surface area contributed by atoms with Crippen LogP contribution in [0.4, 0.5) is 5.82 Å². The van der Waals surface area contributed by atoms with E-state index in [1.54, 1.807) is 6.07 Å². The molecule has 86 valence electrons. The van der Waals surface area contributed by atoms with Crippen molar-refractivity contribution < 1.29 is 10.0 Å². The zero-order valence-corrected chi connectivity index (χ0v) is 8.91. The van der Waals surface area contributed by atoms with E-state index in [1.165, 1.54) is 12.3 Å². The summed E-state index contributed by atoms with van der Waals surface area (Å²) in [5, 5.41) is 19.5. The summed E-state index contributed by atoms with van der Waals surface area (Å²) in [6.07, 6.45) is 1.45. The molecule has 0 unspecified atom stereocenters. The van der Waals surface area contributed by atoms with Crippen molar-refractivity contribution in [1.82, 2.24) is 4.98 Å². The summed E-state index contributed by atoms with van der Waals surface area (Å²) >= 11 is 0. The topological polar surface area (TPSA) is 76.3 Å². The lowest BCUT2D eigenvalue weighted by molar-refractivity contribution is -0.389. The Morgan fingerprint density at radius 1 is 1.24 bits per heavy atom. The molecule has 0 bridgehead atoms. The zero-order valence-electron chi connectivity index (χ0n) is 8.91. The van der Waals surface area contributed by atoms with Gasteiger partial charge in [0, 0.05) is 11.6 Å². The summed E-state index contributed by atoms with van der Waals surface area (Å²) in [4.78, 5) is 13.7. The number of nitro groups is 1. The van der Waals surface area contributed by atoms with Crippen LogP contribution in [0.5, 0.6) is 0 Å². The van der Waals surface area contributed by atoms with E-state index < -0.39 is 4.92 Å². The number of hydrogen-bond donors (Lipinski definition) is 1. The molecule has 0 atom stereocenters. The minimum Gasteiger partial charge on any atom is -0.392 e. The fourth-order valence-corrected chi connectivity index (χ4v) is 1.51. The first-order valence-electron chi connectivity index (χ1n) is 5.01. The van der Waals surface area contributed by atoms with Crippen molar-refractivity contribution in [2.45, 2.75) is 6.61 Å². The van der Waals surface area contributed by atoms with Gasteiger partial charge in [-0.25, -0.2) is 0 Å². The van der Waals surface area contributed by atoms with Crippen molar-refractivity contribution >= 4 is 5.82 Å². The van der Waals surface area contributed by atoms with Crippen LogP contribution in [0.15, 0.2) is 42.6 Å². The largest absolute Gasteiger partial charge is 0.392 e. The third-order valence-electron chi connectivity index (χ3n) is 2.38. The number of aliphatic hydroxyl groups is 1. The predicted molar refractivity (Wildman–Crippen MR) is 62.3 cm³/mol. The van der Waals surface area contributed by atoms with Gasteiger partial charge in [0.05, 0.1) is 6.61 Å². The van der Waals surface area contributed by atoms with Crippen molar-refractivity contribution in [3.63, 3.8) is 0 Å². The number of rotatable bonds is 3. The maximum atomic E-state index is 10.5. The molecule has 0 aliphatic carbocycles. The monoisotopic (exact) mass is 230 g/mol. The number of nitrogens with zero attached hydrogens (tertiary/aromatic N) is 2. The van der Waals surface area contributed by atoms with Gasteiger partial charge in [-0.3, -0.25) is 0 Å². The van der Waals surface area contributed by atoms with Gasteiger partial charge in [-0.2, -0.15) is 0 Å². The molecule has 0 aliphatic rings. The molecule has 0 aliphatic heterocycles. The number of aromatic nitrogens is 1. The Hall–Kier alpha value is -2.27. The molecule has 2 rings (SSSR count). The van der Waals surface area contributed by atoms with E-state index in [4.69, 9.17) is 5.11 Å². The highest BCUT2D eigenvalue weighted by Gasteiger charge is 2.07. The standard InChI is InChI=1S/C12H10N2O3/c15-8-9-2-1-3-10(6-9)11-4-5-12(13-7-11)14(16)17/h1-7,15H,8H2. The summed E-state index contributed by atoms with van der Waals surface area (Å²) in [7, 11) is 0. The van der Waals surface area contributed by atoms with Gasteiger partial charge in [-0.05, 0) is 33.2 Å². The Morgan fingerprint density at radius 3 is 2.65 bits per heavy atom. The van der Waals surface area contributed by atoms with E-state index >= 15 is 0 Å². The minimum absolute atomic E-state index is 0.0335. The summed E-state index contributed by atoms with van der Waals surface area (Å²) in [6.45, 7) is -0.0335. The van der Waals surface area contributed by atoms with Gasteiger partial charge in [-0.15, -0.1) is 0 Å². The van der Waals surface area contributed by atoms with E-state index in [2.05, 4.69) is 4.98 Å². The second-order valence-electron chi connectivity index (χ2n) is 3.52. The Kier molecular flexibility index (Phi) is 3.11. The van der Waals surface area contributed by atoms with Crippen LogP contribution in [0.25, 0.3) is 11.1 Å². The molecule has 0 saturated carbocycles. The molecule has 5 nitrogen and oxygen atoms in total. The van der Waals surface area contributed by atoms with Gasteiger partial charge in [0.1, 0.15) is 6.20 Å². The van der Waals surface area contributed by atoms with Gasteiger partial charge < -0.3 is 15.2 Å². The second-order valence-corrected chi connectivity index (χ2v) is 3.52. The fraction of sp³-hybridized carbons (Fsp3) is 0.0833. The Bertz CT molecular complexity index is 538. The molecule has 2 aromatic rings. The minimum atomic E-state index is -0.534. The van der Waals surface area contributed by atoms with Gasteiger partial charge >= 0.3 is 5.82 Å². The van der Waals surface area contributed by atoms with E-state index in [0.717, 1.165) is 16.7 Å². The maximum absolute atomic E-state index is 10.5. The molecule has 0 saturated heterocycles. The number of benzene rings is 1. The zero-order chi connectivity index (χ0) is 12.3. The second kappa shape index (κ2) is 4.71. The van der Waals surface area contributed by atoms with Crippen LogP contribution in [0.3, 0.4) is 0 Å². The van der Waals surface area contributed by atoms with Gasteiger partial charge in [-0.1, -0.05) is 18.2 Å². The third kappa shape index (κ3) is 2.46. The molecule has 1 aromatic carbocycles. The van der Waals surface area contributed by atoms with E-state index in [9.17, 15) is 10.1 Å². The SMILES string of the molecule is O=[N+]([O-])c1ccc(-c2cccc(CO)c2)cn1. The molecular formula is C12H10N2O3. The van der Waals surface area contributed by atoms with E-state index in [-0.39, 0.29) is 12.4 Å². The predicted octanol–water partition coefficient (Wildman–Crippen LogP) is 2.15. The Morgan fingerprint density at radius 2 is 2.06 bits per heavy atom. The third-order valence-corrected chi connectivity index (χ3v) is 2.38. The maximum Gasteiger partial charge on any atom is 0.363 e. The van der Waals surface area contributed by atoms with Gasteiger partial charge in [0.15, 0.2) is 0 Å². The summed E-state index contributed by atoms with van der Waals surface area (Å²) in [6, 6.07) is 10.3. The van der Waals surface area contributed by atoms with Crippen LogP contribution in [-0.4, -0.2) is 15.0 Å². The lowest BCUT2D eigenvalue weighted by Gasteiger charge is -2.01. The van der Waals surface area contributed by atoms with Crippen molar-refractivity contribution in [3.05, 3.63) is 58.3 Å². The smallest absolute Gasteiger partial charge is 0.363 e. The van der Waals surface area contributed by atoms with Crippen molar-refractivity contribution in [1.29, 1.82) is 0 Å². The summed E-state index contributed by atoms with van der Waals surface area (Å²) < 4.78 is 0. The quantitative estimate of drug-likeness (QED) is 0.647. The van der Waals surface area contributed by atoms with E-state index in [0.29, 0.717) is 0 Å². The first kappa shape index (κ1) is 11.2. The highest BCUT2D eigenvalue weighted by Crippen LogP contribution is 2.21. The van der Waals surface area contributed by atoms with Crippen LogP contribution in [0.2, 0.25) is 0 Å². The normalized spacial score (nSPS) is 10.2. The van der Waals surface area contributed by atoms with Crippen LogP contribution in [-0.2, 0) is 6.61 Å². The summed E-state index contributed by atoms with van der Waals surface area (Å²) in [5.74, 6) is -0.174. The van der Waals surface area contributed by atoms with Gasteiger partial charge in [0.25, 0.3) is 0 Å². The molecule has 1 aromatic heterocycles. The molecular weight excluding hydrogens is 220 g/mol. The number of pyridine rings is 1. The molecule has 17 heavy (non-hydrogen) atoms. The molecule has 0 amide bonds. The average Bonchev–Trinajstić information content (AvgIpc) is 2.39. The highest BCUT2D eigenvalue weighted by atomic mass is 16.6.